The third-order valence-electron chi connectivity index (χ3n) is 3.75. The van der Waals surface area contributed by atoms with Crippen LogP contribution in [0.5, 0.6) is 5.75 Å². The summed E-state index contributed by atoms with van der Waals surface area (Å²) in [6.45, 7) is 5.15. The summed E-state index contributed by atoms with van der Waals surface area (Å²) >= 11 is 3.60. The second-order valence-electron chi connectivity index (χ2n) is 4.55. The van der Waals surface area contributed by atoms with E-state index in [0.29, 0.717) is 0 Å². The van der Waals surface area contributed by atoms with E-state index in [1.165, 1.54) is 5.56 Å². The Morgan fingerprint density at radius 2 is 1.94 bits per heavy atom. The Morgan fingerprint density at radius 1 is 1.29 bits per heavy atom. The Hall–Kier alpha value is -0.540. The van der Waals surface area contributed by atoms with Gasteiger partial charge in [0.2, 0.25) is 0 Å². The van der Waals surface area contributed by atoms with Crippen molar-refractivity contribution in [1.29, 1.82) is 0 Å². The second-order valence-corrected chi connectivity index (χ2v) is 5.40. The highest BCUT2D eigenvalue weighted by Crippen LogP contribution is 2.33. The lowest BCUT2D eigenvalue weighted by molar-refractivity contribution is 0.270. The van der Waals surface area contributed by atoms with Crippen LogP contribution in [-0.2, 0) is 6.42 Å². The highest BCUT2D eigenvalue weighted by Gasteiger charge is 2.25. The first-order valence-electron chi connectivity index (χ1n) is 6.13. The van der Waals surface area contributed by atoms with E-state index >= 15 is 0 Å². The van der Waals surface area contributed by atoms with Gasteiger partial charge >= 0.3 is 0 Å². The van der Waals surface area contributed by atoms with Crippen LogP contribution in [0.1, 0.15) is 32.3 Å². The molecule has 0 saturated carbocycles. The smallest absolute Gasteiger partial charge is 0.119 e. The topological polar surface area (TPSA) is 35.2 Å². The Kier molecular flexibility index (Phi) is 5.47. The number of ether oxygens (including phenoxy) is 1. The fourth-order valence-corrected chi connectivity index (χ4v) is 2.47. The predicted molar refractivity (Wildman–Crippen MR) is 76.5 cm³/mol. The fourth-order valence-electron chi connectivity index (χ4n) is 2.08. The first kappa shape index (κ1) is 14.5. The first-order valence-corrected chi connectivity index (χ1v) is 6.92. The van der Waals surface area contributed by atoms with Gasteiger partial charge in [-0.25, -0.2) is 0 Å². The highest BCUT2D eigenvalue weighted by atomic mass is 79.9. The number of rotatable bonds is 6. The van der Waals surface area contributed by atoms with Crippen LogP contribution < -0.4 is 10.5 Å². The average molecular weight is 300 g/mol. The standard InChI is InChI=1S/C14H22BrNO/c1-4-14(5-2,10-16)9-11-8-12(17-3)6-7-13(11)15/h6-8H,4-5,9-10,16H2,1-3H3. The van der Waals surface area contributed by atoms with Crippen molar-refractivity contribution in [3.8, 4) is 5.75 Å². The normalized spacial score (nSPS) is 11.6. The van der Waals surface area contributed by atoms with Gasteiger partial charge in [-0.3, -0.25) is 0 Å². The maximum absolute atomic E-state index is 5.95. The van der Waals surface area contributed by atoms with Crippen LogP contribution in [0.3, 0.4) is 0 Å². The summed E-state index contributed by atoms with van der Waals surface area (Å²) in [7, 11) is 1.70. The molecule has 0 radical (unpaired) electrons. The average Bonchev–Trinajstić information content (AvgIpc) is 2.38. The van der Waals surface area contributed by atoms with Gasteiger partial charge in [-0.15, -0.1) is 0 Å². The van der Waals surface area contributed by atoms with Gasteiger partial charge in [0.1, 0.15) is 5.75 Å². The summed E-state index contributed by atoms with van der Waals surface area (Å²) in [6.07, 6.45) is 3.20. The molecule has 3 heteroatoms. The van der Waals surface area contributed by atoms with E-state index in [-0.39, 0.29) is 5.41 Å². The molecule has 0 aromatic heterocycles. The van der Waals surface area contributed by atoms with E-state index in [1.807, 2.05) is 12.1 Å². The van der Waals surface area contributed by atoms with Crippen LogP contribution in [0.4, 0.5) is 0 Å². The van der Waals surface area contributed by atoms with Crippen LogP contribution in [-0.4, -0.2) is 13.7 Å². The molecule has 1 rings (SSSR count). The minimum Gasteiger partial charge on any atom is -0.497 e. The lowest BCUT2D eigenvalue weighted by atomic mass is 9.77. The van der Waals surface area contributed by atoms with Gasteiger partial charge in [-0.1, -0.05) is 29.8 Å². The molecule has 0 atom stereocenters. The molecule has 96 valence electrons. The number of nitrogens with two attached hydrogens (primary N) is 1. The zero-order valence-corrected chi connectivity index (χ0v) is 12.5. The molecule has 0 heterocycles. The van der Waals surface area contributed by atoms with Gasteiger partial charge < -0.3 is 10.5 Å². The van der Waals surface area contributed by atoms with Crippen molar-refractivity contribution in [3.63, 3.8) is 0 Å². The zero-order chi connectivity index (χ0) is 12.9. The first-order chi connectivity index (χ1) is 8.10. The Morgan fingerprint density at radius 3 is 2.41 bits per heavy atom. The van der Waals surface area contributed by atoms with Gasteiger partial charge in [0, 0.05) is 4.47 Å². The molecule has 0 aliphatic rings. The van der Waals surface area contributed by atoms with E-state index in [9.17, 15) is 0 Å². The zero-order valence-electron chi connectivity index (χ0n) is 10.9. The predicted octanol–water partition coefficient (Wildman–Crippen LogP) is 3.77. The number of hydrogen-bond acceptors (Lipinski definition) is 2. The van der Waals surface area contributed by atoms with Crippen LogP contribution >= 0.6 is 15.9 Å². The van der Waals surface area contributed by atoms with E-state index in [2.05, 4.69) is 35.8 Å². The van der Waals surface area contributed by atoms with Crippen molar-refractivity contribution < 1.29 is 4.74 Å². The molecule has 1 aromatic rings. The molecule has 0 saturated heterocycles. The lowest BCUT2D eigenvalue weighted by Gasteiger charge is -2.30. The number of hydrogen-bond donors (Lipinski definition) is 1. The maximum atomic E-state index is 5.95. The molecular weight excluding hydrogens is 278 g/mol. The van der Waals surface area contributed by atoms with Gasteiger partial charge in [0.25, 0.3) is 0 Å². The maximum Gasteiger partial charge on any atom is 0.119 e. The molecule has 0 aliphatic carbocycles. The largest absolute Gasteiger partial charge is 0.497 e. The van der Waals surface area contributed by atoms with Gasteiger partial charge in [0.15, 0.2) is 0 Å². The van der Waals surface area contributed by atoms with Crippen molar-refractivity contribution >= 4 is 15.9 Å². The molecule has 2 nitrogen and oxygen atoms in total. The quantitative estimate of drug-likeness (QED) is 0.868. The molecule has 1 aromatic carbocycles. The summed E-state index contributed by atoms with van der Waals surface area (Å²) < 4.78 is 6.41. The number of benzene rings is 1. The van der Waals surface area contributed by atoms with Crippen LogP contribution in [0.15, 0.2) is 22.7 Å². The van der Waals surface area contributed by atoms with Crippen LogP contribution in [0.2, 0.25) is 0 Å². The second kappa shape index (κ2) is 6.41. The molecule has 2 N–H and O–H groups in total. The Bertz CT molecular complexity index is 353. The third-order valence-corrected chi connectivity index (χ3v) is 4.52. The monoisotopic (exact) mass is 299 g/mol. The highest BCUT2D eigenvalue weighted by molar-refractivity contribution is 9.10. The minimum absolute atomic E-state index is 0.203. The SMILES string of the molecule is CCC(CC)(CN)Cc1cc(OC)ccc1Br. The van der Waals surface area contributed by atoms with Crippen LogP contribution in [0, 0.1) is 5.41 Å². The number of methoxy groups -OCH3 is 1. The van der Waals surface area contributed by atoms with Crippen molar-refractivity contribution in [2.45, 2.75) is 33.1 Å². The van der Waals surface area contributed by atoms with Gasteiger partial charge in [-0.05, 0) is 55.0 Å². The Balaban J connectivity index is 2.99. The minimum atomic E-state index is 0.203. The van der Waals surface area contributed by atoms with Crippen molar-refractivity contribution in [1.82, 2.24) is 0 Å². The molecule has 0 spiro atoms. The molecule has 0 bridgehead atoms. The summed E-state index contributed by atoms with van der Waals surface area (Å²) in [6, 6.07) is 6.11. The lowest BCUT2D eigenvalue weighted by Crippen LogP contribution is -2.31. The van der Waals surface area contributed by atoms with E-state index in [4.69, 9.17) is 10.5 Å². The molecule has 0 aliphatic heterocycles. The van der Waals surface area contributed by atoms with E-state index < -0.39 is 0 Å². The molecule has 0 unspecified atom stereocenters. The third kappa shape index (κ3) is 3.46. The fraction of sp³-hybridized carbons (Fsp3) is 0.571. The Labute approximate surface area is 113 Å². The molecule has 0 amide bonds. The summed E-state index contributed by atoms with van der Waals surface area (Å²) in [5.41, 5.74) is 7.43. The van der Waals surface area contributed by atoms with Gasteiger partial charge in [-0.2, -0.15) is 0 Å². The molecular formula is C14H22BrNO. The summed E-state index contributed by atoms with van der Waals surface area (Å²) in [4.78, 5) is 0. The van der Waals surface area contributed by atoms with E-state index in [1.54, 1.807) is 7.11 Å². The summed E-state index contributed by atoms with van der Waals surface area (Å²) in [5.74, 6) is 0.904. The summed E-state index contributed by atoms with van der Waals surface area (Å²) in [5, 5.41) is 0. The van der Waals surface area contributed by atoms with E-state index in [0.717, 1.165) is 36.0 Å². The van der Waals surface area contributed by atoms with Crippen molar-refractivity contribution in [2.24, 2.45) is 11.1 Å². The number of halogens is 1. The van der Waals surface area contributed by atoms with Crippen molar-refractivity contribution in [2.75, 3.05) is 13.7 Å². The van der Waals surface area contributed by atoms with Crippen LogP contribution in [0.25, 0.3) is 0 Å². The van der Waals surface area contributed by atoms with Gasteiger partial charge in [0.05, 0.1) is 7.11 Å². The molecule has 0 fully saturated rings. The van der Waals surface area contributed by atoms with Crippen molar-refractivity contribution in [3.05, 3.63) is 28.2 Å². The molecule has 17 heavy (non-hydrogen) atoms.